The molecule has 0 aliphatic heterocycles. The summed E-state index contributed by atoms with van der Waals surface area (Å²) in [6.45, 7) is 6.27. The van der Waals surface area contributed by atoms with Crippen LogP contribution < -0.4 is 5.32 Å². The van der Waals surface area contributed by atoms with E-state index in [0.717, 1.165) is 38.8 Å². The number of hydrogen-bond acceptors (Lipinski definition) is 4. The Hall–Kier alpha value is -0.940. The SMILES string of the molecule is CCCNC(c1cnnn1CCC)C1(OC)CCCC1. The minimum absolute atomic E-state index is 0.0949. The van der Waals surface area contributed by atoms with Gasteiger partial charge in [0.1, 0.15) is 0 Å². The van der Waals surface area contributed by atoms with E-state index in [0.29, 0.717) is 0 Å². The second-order valence-electron chi connectivity index (χ2n) is 5.75. The number of rotatable bonds is 8. The van der Waals surface area contributed by atoms with Crippen molar-refractivity contribution in [3.05, 3.63) is 11.9 Å². The number of hydrogen-bond donors (Lipinski definition) is 1. The molecule has 1 aliphatic carbocycles. The molecule has 114 valence electrons. The number of ether oxygens (including phenoxy) is 1. The van der Waals surface area contributed by atoms with Crippen molar-refractivity contribution in [1.82, 2.24) is 20.3 Å². The summed E-state index contributed by atoms with van der Waals surface area (Å²) in [5.74, 6) is 0. The van der Waals surface area contributed by atoms with Crippen LogP contribution in [-0.2, 0) is 11.3 Å². The number of aryl methyl sites for hydroxylation is 1. The average Bonchev–Trinajstić information content (AvgIpc) is 3.10. The molecule has 1 unspecified atom stereocenters. The molecule has 1 aliphatic rings. The van der Waals surface area contributed by atoms with Crippen LogP contribution in [0.2, 0.25) is 0 Å². The zero-order valence-corrected chi connectivity index (χ0v) is 13.1. The van der Waals surface area contributed by atoms with Crippen molar-refractivity contribution in [2.75, 3.05) is 13.7 Å². The van der Waals surface area contributed by atoms with Gasteiger partial charge in [0.15, 0.2) is 0 Å². The summed E-state index contributed by atoms with van der Waals surface area (Å²) in [7, 11) is 1.85. The lowest BCUT2D eigenvalue weighted by Gasteiger charge is -2.37. The number of aromatic nitrogens is 3. The standard InChI is InChI=1S/C15H28N4O/c1-4-10-16-14(15(20-3)8-6-7-9-15)13-12-17-18-19(13)11-5-2/h12,14,16H,4-11H2,1-3H3. The van der Waals surface area contributed by atoms with Crippen LogP contribution in [0.3, 0.4) is 0 Å². The van der Waals surface area contributed by atoms with Crippen LogP contribution in [-0.4, -0.2) is 34.2 Å². The fraction of sp³-hybridized carbons (Fsp3) is 0.867. The molecule has 1 fully saturated rings. The van der Waals surface area contributed by atoms with Gasteiger partial charge in [0.2, 0.25) is 0 Å². The first-order valence-corrected chi connectivity index (χ1v) is 7.94. The van der Waals surface area contributed by atoms with Gasteiger partial charge in [-0.25, -0.2) is 4.68 Å². The first kappa shape index (κ1) is 15.4. The van der Waals surface area contributed by atoms with Crippen LogP contribution in [0, 0.1) is 0 Å². The molecule has 20 heavy (non-hydrogen) atoms. The molecule has 0 radical (unpaired) electrons. The van der Waals surface area contributed by atoms with Gasteiger partial charge in [0, 0.05) is 13.7 Å². The molecule has 1 N–H and O–H groups in total. The first-order valence-electron chi connectivity index (χ1n) is 7.94. The Morgan fingerprint density at radius 2 is 2.10 bits per heavy atom. The van der Waals surface area contributed by atoms with Gasteiger partial charge in [-0.15, -0.1) is 5.10 Å². The van der Waals surface area contributed by atoms with E-state index in [4.69, 9.17) is 4.74 Å². The summed E-state index contributed by atoms with van der Waals surface area (Å²) in [6.07, 6.45) is 8.80. The van der Waals surface area contributed by atoms with Gasteiger partial charge in [-0.3, -0.25) is 0 Å². The van der Waals surface area contributed by atoms with Crippen molar-refractivity contribution in [1.29, 1.82) is 0 Å². The lowest BCUT2D eigenvalue weighted by molar-refractivity contribution is -0.0389. The minimum atomic E-state index is -0.0949. The molecular weight excluding hydrogens is 252 g/mol. The molecule has 1 aromatic rings. The molecule has 1 aromatic heterocycles. The Labute approximate surface area is 122 Å². The molecule has 0 saturated heterocycles. The normalized spacial score (nSPS) is 19.4. The molecule has 2 rings (SSSR count). The lowest BCUT2D eigenvalue weighted by atomic mass is 9.89. The molecule has 0 aromatic carbocycles. The Morgan fingerprint density at radius 1 is 1.35 bits per heavy atom. The molecule has 1 atom stereocenters. The second-order valence-corrected chi connectivity index (χ2v) is 5.75. The topological polar surface area (TPSA) is 52.0 Å². The van der Waals surface area contributed by atoms with Crippen molar-refractivity contribution < 1.29 is 4.74 Å². The molecule has 0 bridgehead atoms. The van der Waals surface area contributed by atoms with Crippen LogP contribution >= 0.6 is 0 Å². The highest BCUT2D eigenvalue weighted by atomic mass is 16.5. The van der Waals surface area contributed by atoms with E-state index in [2.05, 4.69) is 29.5 Å². The fourth-order valence-electron chi connectivity index (χ4n) is 3.31. The van der Waals surface area contributed by atoms with Gasteiger partial charge in [-0.05, 0) is 32.2 Å². The maximum atomic E-state index is 5.98. The predicted molar refractivity (Wildman–Crippen MR) is 79.6 cm³/mol. The van der Waals surface area contributed by atoms with Gasteiger partial charge in [-0.1, -0.05) is 31.9 Å². The third-order valence-electron chi connectivity index (χ3n) is 4.36. The van der Waals surface area contributed by atoms with Gasteiger partial charge in [-0.2, -0.15) is 0 Å². The molecule has 1 saturated carbocycles. The molecule has 0 amide bonds. The monoisotopic (exact) mass is 280 g/mol. The second kappa shape index (κ2) is 7.18. The highest BCUT2D eigenvalue weighted by molar-refractivity contribution is 5.12. The smallest absolute Gasteiger partial charge is 0.0888 e. The summed E-state index contributed by atoms with van der Waals surface area (Å²) in [5.41, 5.74) is 1.08. The van der Waals surface area contributed by atoms with E-state index in [1.54, 1.807) is 0 Å². The van der Waals surface area contributed by atoms with Crippen LogP contribution in [0.25, 0.3) is 0 Å². The molecule has 1 heterocycles. The highest BCUT2D eigenvalue weighted by Gasteiger charge is 2.43. The third-order valence-corrected chi connectivity index (χ3v) is 4.36. The predicted octanol–water partition coefficient (Wildman–Crippen LogP) is 2.69. The number of nitrogens with one attached hydrogen (secondary N) is 1. The van der Waals surface area contributed by atoms with Gasteiger partial charge in [0.05, 0.1) is 23.5 Å². The van der Waals surface area contributed by atoms with Gasteiger partial charge < -0.3 is 10.1 Å². The van der Waals surface area contributed by atoms with E-state index in [9.17, 15) is 0 Å². The van der Waals surface area contributed by atoms with Gasteiger partial charge >= 0.3 is 0 Å². The lowest BCUT2D eigenvalue weighted by Crippen LogP contribution is -2.45. The zero-order valence-electron chi connectivity index (χ0n) is 13.1. The summed E-state index contributed by atoms with van der Waals surface area (Å²) in [4.78, 5) is 0. The van der Waals surface area contributed by atoms with Crippen LogP contribution in [0.4, 0.5) is 0 Å². The van der Waals surface area contributed by atoms with Crippen LogP contribution in [0.5, 0.6) is 0 Å². The fourth-order valence-corrected chi connectivity index (χ4v) is 3.31. The van der Waals surface area contributed by atoms with Crippen molar-refractivity contribution >= 4 is 0 Å². The van der Waals surface area contributed by atoms with Crippen molar-refractivity contribution in [2.24, 2.45) is 0 Å². The molecule has 5 heteroatoms. The van der Waals surface area contributed by atoms with Crippen LogP contribution in [0.1, 0.15) is 64.1 Å². The zero-order chi connectivity index (χ0) is 14.4. The Morgan fingerprint density at radius 3 is 2.70 bits per heavy atom. The van der Waals surface area contributed by atoms with Crippen molar-refractivity contribution in [2.45, 2.75) is 70.6 Å². The Bertz CT molecular complexity index is 398. The number of methoxy groups -OCH3 is 1. The van der Waals surface area contributed by atoms with E-state index in [1.807, 2.05) is 18.0 Å². The average molecular weight is 280 g/mol. The summed E-state index contributed by atoms with van der Waals surface area (Å²) in [5, 5.41) is 12.0. The van der Waals surface area contributed by atoms with Crippen LogP contribution in [0.15, 0.2) is 6.20 Å². The summed E-state index contributed by atoms with van der Waals surface area (Å²) < 4.78 is 8.02. The van der Waals surface area contributed by atoms with Crippen molar-refractivity contribution in [3.8, 4) is 0 Å². The maximum Gasteiger partial charge on any atom is 0.0888 e. The maximum absolute atomic E-state index is 5.98. The van der Waals surface area contributed by atoms with Crippen molar-refractivity contribution in [3.63, 3.8) is 0 Å². The van der Waals surface area contributed by atoms with E-state index < -0.39 is 0 Å². The largest absolute Gasteiger partial charge is 0.376 e. The first-order chi connectivity index (χ1) is 9.77. The molecule has 0 spiro atoms. The molecular formula is C15H28N4O. The third kappa shape index (κ3) is 3.04. The minimum Gasteiger partial charge on any atom is -0.376 e. The number of nitrogens with zero attached hydrogens (tertiary/aromatic N) is 3. The van der Waals surface area contributed by atoms with E-state index in [-0.39, 0.29) is 11.6 Å². The Balaban J connectivity index is 2.28. The van der Waals surface area contributed by atoms with Gasteiger partial charge in [0.25, 0.3) is 0 Å². The summed E-state index contributed by atoms with van der Waals surface area (Å²) in [6, 6.07) is 0.191. The summed E-state index contributed by atoms with van der Waals surface area (Å²) >= 11 is 0. The Kier molecular flexibility index (Phi) is 5.54. The highest BCUT2D eigenvalue weighted by Crippen LogP contribution is 2.42. The van der Waals surface area contributed by atoms with E-state index >= 15 is 0 Å². The molecule has 5 nitrogen and oxygen atoms in total. The quantitative estimate of drug-likeness (QED) is 0.795. The van der Waals surface area contributed by atoms with E-state index in [1.165, 1.54) is 18.5 Å².